The number of aryl methyl sites for hydroxylation is 1. The second-order valence-electron chi connectivity index (χ2n) is 7.89. The number of hydrogen-bond acceptors (Lipinski definition) is 6. The zero-order chi connectivity index (χ0) is 21.6. The maximum Gasteiger partial charge on any atom is 0.276 e. The summed E-state index contributed by atoms with van der Waals surface area (Å²) < 4.78 is 3.84. The van der Waals surface area contributed by atoms with E-state index in [9.17, 15) is 9.59 Å². The van der Waals surface area contributed by atoms with Crippen LogP contribution in [0.3, 0.4) is 0 Å². The third-order valence-electron chi connectivity index (χ3n) is 5.57. The first-order chi connectivity index (χ1) is 15.1. The van der Waals surface area contributed by atoms with Gasteiger partial charge in [-0.15, -0.1) is 5.10 Å². The number of benzene rings is 1. The normalized spacial score (nSPS) is 14.9. The summed E-state index contributed by atoms with van der Waals surface area (Å²) in [6, 6.07) is 10.8. The standard InChI is InChI=1S/C23H25N5O2S/c1-16-8-10-18(11-9-16)21(22(29)25-19-6-2-3-7-19)28(14-17-5-4-12-24-13-17)23(30)20-15-31-27-26-20/h4-5,8-13,15,19,21H,2-3,6-7,14H2,1H3,(H,25,29). The minimum absolute atomic E-state index is 0.150. The molecule has 1 fully saturated rings. The molecular weight excluding hydrogens is 410 g/mol. The Morgan fingerprint density at radius 2 is 1.97 bits per heavy atom. The molecule has 1 aromatic carbocycles. The smallest absolute Gasteiger partial charge is 0.276 e. The van der Waals surface area contributed by atoms with E-state index in [-0.39, 0.29) is 30.1 Å². The molecule has 2 heterocycles. The molecule has 3 aromatic rings. The summed E-state index contributed by atoms with van der Waals surface area (Å²) >= 11 is 1.11. The van der Waals surface area contributed by atoms with Gasteiger partial charge in [-0.2, -0.15) is 0 Å². The molecule has 1 aliphatic rings. The molecule has 0 bridgehead atoms. The Kier molecular flexibility index (Phi) is 6.66. The summed E-state index contributed by atoms with van der Waals surface area (Å²) in [6.45, 7) is 2.23. The summed E-state index contributed by atoms with van der Waals surface area (Å²) in [5, 5.41) is 8.75. The van der Waals surface area contributed by atoms with Gasteiger partial charge in [0.2, 0.25) is 5.91 Å². The van der Waals surface area contributed by atoms with Crippen LogP contribution in [0.1, 0.15) is 58.9 Å². The van der Waals surface area contributed by atoms with Gasteiger partial charge in [0.05, 0.1) is 0 Å². The van der Waals surface area contributed by atoms with E-state index in [1.54, 1.807) is 22.7 Å². The SMILES string of the molecule is Cc1ccc(C(C(=O)NC2CCCC2)N(Cc2cccnc2)C(=O)c2csnn2)cc1. The third-order valence-corrected chi connectivity index (χ3v) is 6.07. The van der Waals surface area contributed by atoms with Gasteiger partial charge in [-0.3, -0.25) is 14.6 Å². The Labute approximate surface area is 185 Å². The van der Waals surface area contributed by atoms with Gasteiger partial charge >= 0.3 is 0 Å². The number of carbonyl (C=O) groups is 2. The van der Waals surface area contributed by atoms with Crippen LogP contribution in [0.2, 0.25) is 0 Å². The van der Waals surface area contributed by atoms with Crippen LogP contribution in [0.15, 0.2) is 54.2 Å². The highest BCUT2D eigenvalue weighted by Gasteiger charge is 2.34. The second-order valence-corrected chi connectivity index (χ2v) is 8.50. The van der Waals surface area contributed by atoms with E-state index in [2.05, 4.69) is 19.9 Å². The Morgan fingerprint density at radius 3 is 2.61 bits per heavy atom. The average molecular weight is 436 g/mol. The number of amides is 2. The molecule has 8 heteroatoms. The molecule has 0 saturated heterocycles. The topological polar surface area (TPSA) is 88.1 Å². The van der Waals surface area contributed by atoms with E-state index >= 15 is 0 Å². The molecule has 4 rings (SSSR count). The van der Waals surface area contributed by atoms with E-state index < -0.39 is 6.04 Å². The fourth-order valence-corrected chi connectivity index (χ4v) is 4.38. The Hall–Kier alpha value is -3.13. The van der Waals surface area contributed by atoms with E-state index in [0.717, 1.165) is 53.9 Å². The lowest BCUT2D eigenvalue weighted by atomic mass is 10.0. The first kappa shape index (κ1) is 21.1. The number of carbonyl (C=O) groups excluding carboxylic acids is 2. The van der Waals surface area contributed by atoms with Gasteiger partial charge < -0.3 is 10.2 Å². The van der Waals surface area contributed by atoms with Crippen LogP contribution in [0.5, 0.6) is 0 Å². The summed E-state index contributed by atoms with van der Waals surface area (Å²) in [5.41, 5.74) is 2.93. The van der Waals surface area contributed by atoms with Crippen molar-refractivity contribution in [3.05, 3.63) is 76.6 Å². The van der Waals surface area contributed by atoms with Crippen LogP contribution >= 0.6 is 11.5 Å². The van der Waals surface area contributed by atoms with Crippen LogP contribution in [0, 0.1) is 6.92 Å². The summed E-state index contributed by atoms with van der Waals surface area (Å²) in [7, 11) is 0. The summed E-state index contributed by atoms with van der Waals surface area (Å²) in [5.74, 6) is -0.499. The van der Waals surface area contributed by atoms with Gasteiger partial charge in [0.25, 0.3) is 5.91 Å². The lowest BCUT2D eigenvalue weighted by Crippen LogP contribution is -2.46. The fraction of sp³-hybridized carbons (Fsp3) is 0.348. The second kappa shape index (κ2) is 9.78. The minimum atomic E-state index is -0.782. The van der Waals surface area contributed by atoms with Gasteiger partial charge in [-0.05, 0) is 48.5 Å². The van der Waals surface area contributed by atoms with Crippen molar-refractivity contribution in [2.75, 3.05) is 0 Å². The lowest BCUT2D eigenvalue weighted by Gasteiger charge is -2.32. The molecule has 31 heavy (non-hydrogen) atoms. The maximum atomic E-state index is 13.5. The number of nitrogens with zero attached hydrogens (tertiary/aromatic N) is 4. The van der Waals surface area contributed by atoms with E-state index in [0.29, 0.717) is 0 Å². The van der Waals surface area contributed by atoms with Gasteiger partial charge in [-0.25, -0.2) is 0 Å². The molecule has 1 N–H and O–H groups in total. The first-order valence-corrected chi connectivity index (χ1v) is 11.3. The lowest BCUT2D eigenvalue weighted by molar-refractivity contribution is -0.126. The number of aromatic nitrogens is 3. The largest absolute Gasteiger partial charge is 0.351 e. The van der Waals surface area contributed by atoms with Crippen molar-refractivity contribution >= 4 is 23.3 Å². The van der Waals surface area contributed by atoms with Crippen LogP contribution in [-0.4, -0.2) is 37.3 Å². The van der Waals surface area contributed by atoms with Crippen LogP contribution in [0.25, 0.3) is 0 Å². The molecule has 0 radical (unpaired) electrons. The van der Waals surface area contributed by atoms with Crippen molar-refractivity contribution in [2.45, 2.75) is 51.2 Å². The molecule has 0 spiro atoms. The summed E-state index contributed by atoms with van der Waals surface area (Å²) in [6.07, 6.45) is 7.56. The molecule has 7 nitrogen and oxygen atoms in total. The fourth-order valence-electron chi connectivity index (χ4n) is 3.95. The molecule has 2 amide bonds. The van der Waals surface area contributed by atoms with Crippen LogP contribution in [-0.2, 0) is 11.3 Å². The Bertz CT molecular complexity index is 1000. The van der Waals surface area contributed by atoms with Crippen LogP contribution < -0.4 is 5.32 Å². The van der Waals surface area contributed by atoms with Crippen molar-refractivity contribution in [1.29, 1.82) is 0 Å². The molecule has 1 saturated carbocycles. The number of rotatable bonds is 7. The van der Waals surface area contributed by atoms with Crippen LogP contribution in [0.4, 0.5) is 0 Å². The van der Waals surface area contributed by atoms with E-state index in [1.165, 1.54) is 0 Å². The van der Waals surface area contributed by atoms with Crippen molar-refractivity contribution in [3.8, 4) is 0 Å². The zero-order valence-electron chi connectivity index (χ0n) is 17.4. The van der Waals surface area contributed by atoms with E-state index in [1.807, 2.05) is 43.3 Å². The Balaban J connectivity index is 1.72. The van der Waals surface area contributed by atoms with E-state index in [4.69, 9.17) is 0 Å². The molecule has 2 aromatic heterocycles. The first-order valence-electron chi connectivity index (χ1n) is 10.5. The van der Waals surface area contributed by atoms with Gasteiger partial charge in [0.1, 0.15) is 6.04 Å². The van der Waals surface area contributed by atoms with Gasteiger partial charge in [-0.1, -0.05) is 53.2 Å². The highest BCUT2D eigenvalue weighted by molar-refractivity contribution is 7.03. The average Bonchev–Trinajstić information content (AvgIpc) is 3.49. The zero-order valence-corrected chi connectivity index (χ0v) is 18.2. The molecule has 1 aliphatic carbocycles. The highest BCUT2D eigenvalue weighted by Crippen LogP contribution is 2.27. The molecular formula is C23H25N5O2S. The van der Waals surface area contributed by atoms with Gasteiger partial charge in [0.15, 0.2) is 5.69 Å². The van der Waals surface area contributed by atoms with Crippen molar-refractivity contribution < 1.29 is 9.59 Å². The molecule has 0 aliphatic heterocycles. The molecule has 1 unspecified atom stereocenters. The predicted octanol–water partition coefficient (Wildman–Crippen LogP) is 3.68. The Morgan fingerprint density at radius 1 is 1.19 bits per heavy atom. The predicted molar refractivity (Wildman–Crippen MR) is 118 cm³/mol. The monoisotopic (exact) mass is 435 g/mol. The maximum absolute atomic E-state index is 13.5. The number of hydrogen-bond donors (Lipinski definition) is 1. The van der Waals surface area contributed by atoms with Crippen molar-refractivity contribution in [3.63, 3.8) is 0 Å². The summed E-state index contributed by atoms with van der Waals surface area (Å²) in [4.78, 5) is 32.7. The van der Waals surface area contributed by atoms with Crippen molar-refractivity contribution in [1.82, 2.24) is 24.8 Å². The van der Waals surface area contributed by atoms with Gasteiger partial charge in [0, 0.05) is 30.4 Å². The quantitative estimate of drug-likeness (QED) is 0.612. The minimum Gasteiger partial charge on any atom is -0.351 e. The molecule has 1 atom stereocenters. The third kappa shape index (κ3) is 5.14. The number of pyridine rings is 1. The van der Waals surface area contributed by atoms with Crippen molar-refractivity contribution in [2.24, 2.45) is 0 Å². The number of nitrogens with one attached hydrogen (secondary N) is 1. The molecule has 160 valence electrons. The highest BCUT2D eigenvalue weighted by atomic mass is 32.1.